The van der Waals surface area contributed by atoms with E-state index in [0.717, 1.165) is 30.2 Å². The van der Waals surface area contributed by atoms with Crippen LogP contribution in [0, 0.1) is 20.8 Å². The quantitative estimate of drug-likeness (QED) is 0.907. The van der Waals surface area contributed by atoms with Gasteiger partial charge in [-0.15, -0.1) is 0 Å². The van der Waals surface area contributed by atoms with Gasteiger partial charge < -0.3 is 10.6 Å². The molecular weight excluding hydrogens is 248 g/mol. The number of aryl methyl sites for hydroxylation is 3. The minimum absolute atomic E-state index is 0.667. The molecule has 0 saturated heterocycles. The fourth-order valence-electron chi connectivity index (χ4n) is 2.13. The summed E-state index contributed by atoms with van der Waals surface area (Å²) in [7, 11) is 0. The molecule has 0 atom stereocenters. The van der Waals surface area contributed by atoms with Crippen molar-refractivity contribution in [1.82, 2.24) is 9.97 Å². The lowest BCUT2D eigenvalue weighted by atomic mass is 10.1. The van der Waals surface area contributed by atoms with Gasteiger partial charge in [0.2, 0.25) is 0 Å². The number of nitrogens with zero attached hydrogens (tertiary/aromatic N) is 3. The molecular formula is C16H22N4. The molecule has 0 aliphatic rings. The monoisotopic (exact) mass is 270 g/mol. The van der Waals surface area contributed by atoms with Gasteiger partial charge in [-0.2, -0.15) is 0 Å². The molecule has 1 aromatic heterocycles. The van der Waals surface area contributed by atoms with Crippen molar-refractivity contribution in [2.24, 2.45) is 5.73 Å². The Morgan fingerprint density at radius 2 is 1.85 bits per heavy atom. The van der Waals surface area contributed by atoms with Crippen LogP contribution in [0.2, 0.25) is 0 Å². The van der Waals surface area contributed by atoms with Gasteiger partial charge in [-0.1, -0.05) is 18.2 Å². The van der Waals surface area contributed by atoms with Gasteiger partial charge >= 0.3 is 0 Å². The van der Waals surface area contributed by atoms with Crippen molar-refractivity contribution in [3.05, 3.63) is 47.4 Å². The standard InChI is InChI=1S/C16H22N4/c1-12-7-4-5-8-15(12)20(10-6-9-17)16-11-18-13(2)14(3)19-16/h4-5,7-8,11H,6,9-10,17H2,1-3H3. The van der Waals surface area contributed by atoms with Crippen LogP contribution in [-0.2, 0) is 0 Å². The Kier molecular flexibility index (Phi) is 4.69. The van der Waals surface area contributed by atoms with Crippen molar-refractivity contribution in [2.75, 3.05) is 18.0 Å². The predicted molar refractivity (Wildman–Crippen MR) is 83.4 cm³/mol. The van der Waals surface area contributed by atoms with Crippen molar-refractivity contribution in [2.45, 2.75) is 27.2 Å². The number of nitrogens with two attached hydrogens (primary N) is 1. The van der Waals surface area contributed by atoms with Gasteiger partial charge in [0.25, 0.3) is 0 Å². The third-order valence-electron chi connectivity index (χ3n) is 3.45. The number of hydrogen-bond donors (Lipinski definition) is 1. The Bertz CT molecular complexity index is 580. The van der Waals surface area contributed by atoms with Crippen molar-refractivity contribution in [3.63, 3.8) is 0 Å². The molecule has 106 valence electrons. The van der Waals surface area contributed by atoms with Crippen molar-refractivity contribution in [3.8, 4) is 0 Å². The first-order chi connectivity index (χ1) is 9.63. The highest BCUT2D eigenvalue weighted by Crippen LogP contribution is 2.26. The van der Waals surface area contributed by atoms with Crippen molar-refractivity contribution < 1.29 is 0 Å². The second kappa shape index (κ2) is 6.48. The molecule has 4 nitrogen and oxygen atoms in total. The molecule has 0 unspecified atom stereocenters. The van der Waals surface area contributed by atoms with Crippen LogP contribution in [0.3, 0.4) is 0 Å². The molecule has 0 fully saturated rings. The molecule has 0 spiro atoms. The summed E-state index contributed by atoms with van der Waals surface area (Å²) in [5.74, 6) is 0.885. The SMILES string of the molecule is Cc1ccccc1N(CCCN)c1cnc(C)c(C)n1. The zero-order chi connectivity index (χ0) is 14.5. The van der Waals surface area contributed by atoms with Gasteiger partial charge in [0.15, 0.2) is 5.82 Å². The van der Waals surface area contributed by atoms with E-state index in [1.807, 2.05) is 32.2 Å². The van der Waals surface area contributed by atoms with Crippen LogP contribution < -0.4 is 10.6 Å². The van der Waals surface area contributed by atoms with Gasteiger partial charge in [-0.05, 0) is 45.4 Å². The lowest BCUT2D eigenvalue weighted by Crippen LogP contribution is -2.23. The Hall–Kier alpha value is -1.94. The van der Waals surface area contributed by atoms with Crippen LogP contribution in [0.4, 0.5) is 11.5 Å². The van der Waals surface area contributed by atoms with Gasteiger partial charge in [-0.3, -0.25) is 4.98 Å². The predicted octanol–water partition coefficient (Wildman–Crippen LogP) is 2.89. The summed E-state index contributed by atoms with van der Waals surface area (Å²) in [6.45, 7) is 7.59. The number of benzene rings is 1. The fraction of sp³-hybridized carbons (Fsp3) is 0.375. The number of anilines is 2. The van der Waals surface area contributed by atoms with Crippen molar-refractivity contribution in [1.29, 1.82) is 0 Å². The molecule has 20 heavy (non-hydrogen) atoms. The second-order valence-electron chi connectivity index (χ2n) is 4.98. The van der Waals surface area contributed by atoms with Gasteiger partial charge in [0.1, 0.15) is 0 Å². The van der Waals surface area contributed by atoms with Crippen LogP contribution >= 0.6 is 0 Å². The lowest BCUT2D eigenvalue weighted by molar-refractivity contribution is 0.803. The Morgan fingerprint density at radius 3 is 2.50 bits per heavy atom. The van der Waals surface area contributed by atoms with Gasteiger partial charge in [-0.25, -0.2) is 4.98 Å². The maximum Gasteiger partial charge on any atom is 0.151 e. The van der Waals surface area contributed by atoms with E-state index >= 15 is 0 Å². The third-order valence-corrected chi connectivity index (χ3v) is 3.45. The second-order valence-corrected chi connectivity index (χ2v) is 4.98. The lowest BCUT2D eigenvalue weighted by Gasteiger charge is -2.25. The number of rotatable bonds is 5. The zero-order valence-corrected chi connectivity index (χ0v) is 12.4. The summed E-state index contributed by atoms with van der Waals surface area (Å²) in [6.07, 6.45) is 2.76. The third kappa shape index (κ3) is 3.14. The Labute approximate surface area is 120 Å². The average Bonchev–Trinajstić information content (AvgIpc) is 2.44. The highest BCUT2D eigenvalue weighted by Gasteiger charge is 2.13. The number of hydrogen-bond acceptors (Lipinski definition) is 4. The maximum atomic E-state index is 5.66. The Balaban J connectivity index is 2.41. The molecule has 2 N–H and O–H groups in total. The van der Waals surface area contributed by atoms with E-state index in [2.05, 4.69) is 33.9 Å². The molecule has 1 heterocycles. The summed E-state index contributed by atoms with van der Waals surface area (Å²) in [5.41, 5.74) is 9.99. The summed E-state index contributed by atoms with van der Waals surface area (Å²) in [4.78, 5) is 11.3. The zero-order valence-electron chi connectivity index (χ0n) is 12.4. The van der Waals surface area contributed by atoms with E-state index in [1.165, 1.54) is 11.3 Å². The normalized spacial score (nSPS) is 10.6. The van der Waals surface area contributed by atoms with E-state index in [0.29, 0.717) is 6.54 Å². The van der Waals surface area contributed by atoms with E-state index in [-0.39, 0.29) is 0 Å². The topological polar surface area (TPSA) is 55.0 Å². The molecule has 4 heteroatoms. The first-order valence-corrected chi connectivity index (χ1v) is 6.97. The van der Waals surface area contributed by atoms with Crippen LogP contribution in [0.5, 0.6) is 0 Å². The van der Waals surface area contributed by atoms with Crippen LogP contribution in [0.1, 0.15) is 23.4 Å². The Morgan fingerprint density at radius 1 is 1.10 bits per heavy atom. The average molecular weight is 270 g/mol. The minimum Gasteiger partial charge on any atom is -0.330 e. The molecule has 0 radical (unpaired) electrons. The smallest absolute Gasteiger partial charge is 0.151 e. The molecule has 0 bridgehead atoms. The molecule has 1 aromatic carbocycles. The highest BCUT2D eigenvalue weighted by atomic mass is 15.2. The summed E-state index contributed by atoms with van der Waals surface area (Å²) < 4.78 is 0. The maximum absolute atomic E-state index is 5.66. The van der Waals surface area contributed by atoms with Gasteiger partial charge in [0.05, 0.1) is 17.6 Å². The fourth-order valence-corrected chi connectivity index (χ4v) is 2.13. The van der Waals surface area contributed by atoms with E-state index < -0.39 is 0 Å². The molecule has 0 saturated carbocycles. The van der Waals surface area contributed by atoms with Crippen LogP contribution in [-0.4, -0.2) is 23.1 Å². The van der Waals surface area contributed by atoms with E-state index in [1.54, 1.807) is 0 Å². The molecule has 2 aromatic rings. The molecule has 0 aliphatic carbocycles. The summed E-state index contributed by atoms with van der Waals surface area (Å²) in [6, 6.07) is 8.32. The first-order valence-electron chi connectivity index (χ1n) is 6.97. The van der Waals surface area contributed by atoms with E-state index in [4.69, 9.17) is 5.73 Å². The summed E-state index contributed by atoms with van der Waals surface area (Å²) in [5, 5.41) is 0. The number of para-hydroxylation sites is 1. The highest BCUT2D eigenvalue weighted by molar-refractivity contribution is 5.63. The first kappa shape index (κ1) is 14.5. The molecule has 2 rings (SSSR count). The largest absolute Gasteiger partial charge is 0.330 e. The van der Waals surface area contributed by atoms with Crippen LogP contribution in [0.25, 0.3) is 0 Å². The molecule has 0 amide bonds. The minimum atomic E-state index is 0.667. The van der Waals surface area contributed by atoms with Crippen molar-refractivity contribution >= 4 is 11.5 Å². The van der Waals surface area contributed by atoms with E-state index in [9.17, 15) is 0 Å². The van der Waals surface area contributed by atoms with Crippen LogP contribution in [0.15, 0.2) is 30.5 Å². The molecule has 0 aliphatic heterocycles. The summed E-state index contributed by atoms with van der Waals surface area (Å²) >= 11 is 0. The van der Waals surface area contributed by atoms with Gasteiger partial charge in [0, 0.05) is 12.2 Å². The number of aromatic nitrogens is 2.